The number of halogens is 1. The molecule has 2 aromatic carbocycles. The van der Waals surface area contributed by atoms with Gasteiger partial charge in [-0.1, -0.05) is 52.0 Å². The predicted octanol–water partition coefficient (Wildman–Crippen LogP) is 9.16. The molecule has 0 amide bonds. The highest BCUT2D eigenvalue weighted by Crippen LogP contribution is 2.70. The minimum atomic E-state index is -1.30. The molecular weight excluding hydrogens is 1070 g/mol. The molecule has 0 spiro atoms. The largest absolute Gasteiger partial charge is 0.484 e. The number of nitrogens with zero attached hydrogens (tertiary/aromatic N) is 2. The van der Waals surface area contributed by atoms with E-state index in [1.165, 1.54) is 24.3 Å². The van der Waals surface area contributed by atoms with E-state index >= 15 is 0 Å². The molecule has 13 rings (SSSR count). The van der Waals surface area contributed by atoms with Crippen molar-refractivity contribution in [1.29, 1.82) is 0 Å². The number of fused-ring (bicyclic) bond motifs is 10. The van der Waals surface area contributed by atoms with Gasteiger partial charge in [0.15, 0.2) is 6.29 Å². The van der Waals surface area contributed by atoms with Gasteiger partial charge in [0, 0.05) is 76.3 Å². The summed E-state index contributed by atoms with van der Waals surface area (Å²) in [6.45, 7) is 13.9. The Balaban J connectivity index is 0.000000178. The molecule has 5 fully saturated rings. The Morgan fingerprint density at radius 1 is 0.687 bits per heavy atom. The summed E-state index contributed by atoms with van der Waals surface area (Å²) >= 11 is 0. The number of aryl methyl sites for hydroxylation is 1. The van der Waals surface area contributed by atoms with E-state index in [9.17, 15) is 44.3 Å². The van der Waals surface area contributed by atoms with Gasteiger partial charge >= 0.3 is 17.2 Å². The molecular formula is C65H71FN2O15. The zero-order chi connectivity index (χ0) is 58.8. The van der Waals surface area contributed by atoms with E-state index in [1.54, 1.807) is 68.1 Å². The van der Waals surface area contributed by atoms with Crippen molar-refractivity contribution < 1.29 is 67.2 Å². The van der Waals surface area contributed by atoms with Crippen LogP contribution < -0.4 is 20.7 Å². The van der Waals surface area contributed by atoms with Gasteiger partial charge in [0.05, 0.1) is 49.3 Å². The third-order valence-electron chi connectivity index (χ3n) is 21.1. The van der Waals surface area contributed by atoms with Gasteiger partial charge in [-0.3, -0.25) is 9.97 Å². The zero-order valence-corrected chi connectivity index (χ0v) is 47.5. The smallest absolute Gasteiger partial charge is 0.345 e. The van der Waals surface area contributed by atoms with E-state index in [0.717, 1.165) is 11.1 Å². The van der Waals surface area contributed by atoms with Gasteiger partial charge in [-0.15, -0.1) is 0 Å². The van der Waals surface area contributed by atoms with Crippen LogP contribution in [0.2, 0.25) is 0 Å². The van der Waals surface area contributed by atoms with Crippen LogP contribution in [0, 0.1) is 58.1 Å². The fourth-order valence-electron chi connectivity index (χ4n) is 16.7. The highest BCUT2D eigenvalue weighted by Gasteiger charge is 2.72. The summed E-state index contributed by atoms with van der Waals surface area (Å²) < 4.78 is 57.9. The molecule has 5 N–H and O–H groups in total. The first kappa shape index (κ1) is 56.8. The number of aromatic nitrogens is 2. The van der Waals surface area contributed by atoms with E-state index in [2.05, 4.69) is 23.8 Å². The molecule has 4 unspecified atom stereocenters. The van der Waals surface area contributed by atoms with E-state index in [4.69, 9.17) is 32.5 Å². The van der Waals surface area contributed by atoms with Crippen molar-refractivity contribution in [1.82, 2.24) is 9.97 Å². The maximum Gasteiger partial charge on any atom is 0.345 e. The number of hydrogen-bond acceptors (Lipinski definition) is 17. The van der Waals surface area contributed by atoms with Gasteiger partial charge in [-0.05, 0) is 136 Å². The van der Waals surface area contributed by atoms with Gasteiger partial charge in [0.2, 0.25) is 0 Å². The molecule has 7 heterocycles. The lowest BCUT2D eigenvalue weighted by molar-refractivity contribution is -0.330. The molecule has 4 saturated carbocycles. The van der Waals surface area contributed by atoms with Crippen molar-refractivity contribution in [3.05, 3.63) is 164 Å². The van der Waals surface area contributed by atoms with E-state index in [0.29, 0.717) is 56.3 Å². The Hall–Kier alpha value is -6.64. The van der Waals surface area contributed by atoms with Gasteiger partial charge < -0.3 is 58.1 Å². The fourth-order valence-corrected chi connectivity index (χ4v) is 16.7. The second-order valence-electron chi connectivity index (χ2n) is 25.6. The predicted molar refractivity (Wildman–Crippen MR) is 298 cm³/mol. The minimum Gasteiger partial charge on any atom is -0.484 e. The molecule has 0 radical (unpaired) electrons. The third kappa shape index (κ3) is 8.91. The molecule has 1 saturated heterocycles. The molecule has 18 heteroatoms. The molecule has 7 aliphatic rings. The number of ether oxygens (including phenoxy) is 5. The lowest BCUT2D eigenvalue weighted by atomic mass is 9.42. The maximum absolute atomic E-state index is 13.8. The highest BCUT2D eigenvalue weighted by atomic mass is 19.1. The average Bonchev–Trinajstić information content (AvgIpc) is 1.24. The molecule has 6 aromatic rings. The van der Waals surface area contributed by atoms with Crippen LogP contribution in [0.15, 0.2) is 128 Å². The van der Waals surface area contributed by atoms with Gasteiger partial charge in [0.1, 0.15) is 57.3 Å². The van der Waals surface area contributed by atoms with Crippen molar-refractivity contribution in [2.24, 2.45) is 45.3 Å². The molecule has 17 atom stereocenters. The zero-order valence-electron chi connectivity index (χ0n) is 47.5. The maximum atomic E-state index is 13.8. The number of aliphatic hydroxyl groups is 5. The molecule has 83 heavy (non-hydrogen) atoms. The summed E-state index contributed by atoms with van der Waals surface area (Å²) in [7, 11) is 0. The van der Waals surface area contributed by atoms with Crippen LogP contribution in [0.4, 0.5) is 4.39 Å². The van der Waals surface area contributed by atoms with E-state index in [-0.39, 0.29) is 64.3 Å². The molecule has 0 bridgehead atoms. The molecule has 438 valence electrons. The Labute approximate surface area is 479 Å². The first-order valence-corrected chi connectivity index (χ1v) is 28.7. The Bertz CT molecular complexity index is 3570. The van der Waals surface area contributed by atoms with Crippen molar-refractivity contribution in [2.75, 3.05) is 13.2 Å². The topological polar surface area (TPSA) is 251 Å². The Morgan fingerprint density at radius 2 is 1.25 bits per heavy atom. The van der Waals surface area contributed by atoms with Crippen LogP contribution >= 0.6 is 0 Å². The average molecular weight is 1140 g/mol. The third-order valence-corrected chi connectivity index (χ3v) is 21.1. The summed E-state index contributed by atoms with van der Waals surface area (Å²) in [5, 5.41) is 56.2. The van der Waals surface area contributed by atoms with Gasteiger partial charge in [-0.2, -0.15) is 0 Å². The standard InChI is InChI=1S/C40H40FNO8.C25H31NO7/c1-22-8-5-6-10-26(22)37-46-21-39(3)29-19-31(48-35(44)23-11-13-25(41)14-12-23)40(4)34(38(29,2)16-15-30(39)49-37)33(43)32-28(50-40)18-27(47-36(32)45)24-9-7-17-42-20-24;1-23-7-6-17(28)24(2,12-27)16(23)10-18(29)25(3)21(23)20(30)19-15(33-25)9-14(32-22(19)31)13-5-4-8-26-11-13/h5-14,17-18,20,29-31,33-34,37,43H,15-16,19,21H2,1-4H3;4-5,8-9,11,16-18,20-21,27-30H,6-7,10,12H2,1-3H3/t29?,30-,31-,33-,34?,37+,38-,39-,40+;16?,17-,18-,20-,21?,23-,24-,25+/m00/s1. The molecule has 4 aromatic heterocycles. The second kappa shape index (κ2) is 20.6. The molecule has 17 nitrogen and oxygen atoms in total. The van der Waals surface area contributed by atoms with Crippen LogP contribution in [0.1, 0.15) is 131 Å². The number of hydrogen-bond donors (Lipinski definition) is 5. The second-order valence-corrected chi connectivity index (χ2v) is 25.6. The van der Waals surface area contributed by atoms with Gasteiger partial charge in [-0.25, -0.2) is 18.8 Å². The summed E-state index contributed by atoms with van der Waals surface area (Å²) in [6, 6.07) is 23.3. The number of benzene rings is 2. The quantitative estimate of drug-likeness (QED) is 0.0975. The van der Waals surface area contributed by atoms with Crippen LogP contribution in [0.25, 0.3) is 22.6 Å². The lowest BCUT2D eigenvalue weighted by Gasteiger charge is -2.67. The number of carbonyl (C=O) groups excluding carboxylic acids is 1. The first-order chi connectivity index (χ1) is 39.5. The number of rotatable bonds is 6. The number of pyridine rings is 2. The van der Waals surface area contributed by atoms with Crippen molar-refractivity contribution >= 4 is 5.97 Å². The lowest BCUT2D eigenvalue weighted by Crippen LogP contribution is -2.72. The van der Waals surface area contributed by atoms with Crippen LogP contribution in [0.5, 0.6) is 11.5 Å². The van der Waals surface area contributed by atoms with Crippen molar-refractivity contribution in [3.63, 3.8) is 0 Å². The SMILES string of the molecule is C[C@]12CC[C@H](O)[C@@](C)(CO)C1C[C@H](O)[C@@]1(C)Oc3cc(-c4cccnc4)oc(=O)c3[C@H](O)C21.Cc1ccccc1[C@@H]1OC[C@@]2(C)C3C[C@H](OC(=O)c4ccc(F)cc4)[C@@]4(C)Oc5cc(-c6cccnc6)oc(=O)c5[C@H](O)C4[C@@]3(C)CC[C@@H]2O1. The van der Waals surface area contributed by atoms with Crippen LogP contribution in [-0.2, 0) is 14.2 Å². The van der Waals surface area contributed by atoms with Gasteiger partial charge in [0.25, 0.3) is 0 Å². The highest BCUT2D eigenvalue weighted by molar-refractivity contribution is 5.89. The van der Waals surface area contributed by atoms with E-state index in [1.807, 2.05) is 52.0 Å². The minimum absolute atomic E-state index is 0.0358. The van der Waals surface area contributed by atoms with Crippen LogP contribution in [0.3, 0.4) is 0 Å². The summed E-state index contributed by atoms with van der Waals surface area (Å²) in [5.41, 5.74) is -2.93. The van der Waals surface area contributed by atoms with E-state index < -0.39 is 105 Å². The van der Waals surface area contributed by atoms with Crippen molar-refractivity contribution in [2.45, 2.75) is 141 Å². The first-order valence-electron chi connectivity index (χ1n) is 28.7. The van der Waals surface area contributed by atoms with Crippen molar-refractivity contribution in [3.8, 4) is 34.1 Å². The summed E-state index contributed by atoms with van der Waals surface area (Å²) in [6.07, 6.45) is 3.60. The van der Waals surface area contributed by atoms with Crippen LogP contribution in [-0.4, -0.2) is 90.3 Å². The molecule has 4 aliphatic carbocycles. The normalized spacial score (nSPS) is 37.3. The summed E-state index contributed by atoms with van der Waals surface area (Å²) in [5.74, 6) is -2.04. The monoisotopic (exact) mass is 1140 g/mol. The number of aliphatic hydroxyl groups excluding tert-OH is 5. The summed E-state index contributed by atoms with van der Waals surface area (Å²) in [4.78, 5) is 48.7. The Kier molecular flexibility index (Phi) is 14.1. The number of carbonyl (C=O) groups is 1. The molecule has 3 aliphatic heterocycles. The Morgan fingerprint density at radius 3 is 1.83 bits per heavy atom. The fraction of sp³-hybridized carbons (Fsp3) is 0.492. The number of esters is 1.